The highest BCUT2D eigenvalue weighted by Crippen LogP contribution is 2.19. The average Bonchev–Trinajstić information content (AvgIpc) is 2.76. The van der Waals surface area contributed by atoms with Gasteiger partial charge in [0.2, 0.25) is 0 Å². The van der Waals surface area contributed by atoms with Gasteiger partial charge in [0.25, 0.3) is 0 Å². The molecule has 1 heterocycles. The Kier molecular flexibility index (Phi) is 2.41. The van der Waals surface area contributed by atoms with Crippen molar-refractivity contribution in [1.29, 1.82) is 0 Å². The van der Waals surface area contributed by atoms with Gasteiger partial charge in [0, 0.05) is 5.39 Å². The van der Waals surface area contributed by atoms with Crippen LogP contribution in [-0.4, -0.2) is 0 Å². The molecule has 17 heavy (non-hydrogen) atoms. The molecule has 0 spiro atoms. The van der Waals surface area contributed by atoms with Crippen LogP contribution in [0.25, 0.3) is 11.0 Å². The Morgan fingerprint density at radius 1 is 0.941 bits per heavy atom. The van der Waals surface area contributed by atoms with Crippen LogP contribution in [0.1, 0.15) is 11.1 Å². The molecule has 0 bridgehead atoms. The lowest BCUT2D eigenvalue weighted by Gasteiger charge is -2.02. The van der Waals surface area contributed by atoms with E-state index in [1.54, 1.807) is 18.4 Å². The lowest BCUT2D eigenvalue weighted by Crippen LogP contribution is -1.88. The normalized spacial score (nSPS) is 10.9. The third-order valence-corrected chi connectivity index (χ3v) is 2.81. The number of rotatable bonds is 2. The summed E-state index contributed by atoms with van der Waals surface area (Å²) in [7, 11) is 0. The van der Waals surface area contributed by atoms with E-state index in [1.807, 2.05) is 24.3 Å². The summed E-state index contributed by atoms with van der Waals surface area (Å²) in [4.78, 5) is 0. The topological polar surface area (TPSA) is 13.1 Å². The number of hydrogen-bond donors (Lipinski definition) is 0. The lowest BCUT2D eigenvalue weighted by atomic mass is 10.0. The van der Waals surface area contributed by atoms with Gasteiger partial charge in [0.05, 0.1) is 6.26 Å². The highest BCUT2D eigenvalue weighted by atomic mass is 19.1. The standard InChI is InChI=1S/C15H11FO/c16-14-3-1-2-11(10-14)8-12-4-5-15-13(9-12)6-7-17-15/h1-7,9-10H,8H2. The van der Waals surface area contributed by atoms with Crippen LogP contribution in [0.4, 0.5) is 4.39 Å². The molecule has 3 aromatic rings. The average molecular weight is 226 g/mol. The molecule has 0 atom stereocenters. The van der Waals surface area contributed by atoms with Gasteiger partial charge >= 0.3 is 0 Å². The smallest absolute Gasteiger partial charge is 0.133 e. The zero-order chi connectivity index (χ0) is 11.7. The third kappa shape index (κ3) is 2.07. The van der Waals surface area contributed by atoms with E-state index in [0.717, 1.165) is 28.5 Å². The van der Waals surface area contributed by atoms with E-state index in [9.17, 15) is 4.39 Å². The van der Waals surface area contributed by atoms with Crippen LogP contribution in [0.3, 0.4) is 0 Å². The summed E-state index contributed by atoms with van der Waals surface area (Å²) in [6.07, 6.45) is 2.41. The molecule has 0 amide bonds. The predicted molar refractivity (Wildman–Crippen MR) is 65.4 cm³/mol. The molecule has 1 nitrogen and oxygen atoms in total. The fourth-order valence-electron chi connectivity index (χ4n) is 2.01. The number of hydrogen-bond acceptors (Lipinski definition) is 1. The van der Waals surface area contributed by atoms with E-state index in [2.05, 4.69) is 6.07 Å². The first-order valence-electron chi connectivity index (χ1n) is 5.52. The molecule has 84 valence electrons. The monoisotopic (exact) mass is 226 g/mol. The molecule has 0 unspecified atom stereocenters. The quantitative estimate of drug-likeness (QED) is 0.639. The van der Waals surface area contributed by atoms with Crippen molar-refractivity contribution in [3.05, 3.63) is 71.7 Å². The maximum absolute atomic E-state index is 13.1. The molecule has 0 N–H and O–H groups in total. The van der Waals surface area contributed by atoms with E-state index in [-0.39, 0.29) is 5.82 Å². The molecule has 0 saturated heterocycles. The first-order valence-corrected chi connectivity index (χ1v) is 5.52. The van der Waals surface area contributed by atoms with Gasteiger partial charge in [0.1, 0.15) is 11.4 Å². The fourth-order valence-corrected chi connectivity index (χ4v) is 2.01. The Morgan fingerprint density at radius 3 is 2.71 bits per heavy atom. The first-order chi connectivity index (χ1) is 8.31. The Labute approximate surface area is 98.5 Å². The zero-order valence-electron chi connectivity index (χ0n) is 9.19. The zero-order valence-corrected chi connectivity index (χ0v) is 9.19. The summed E-state index contributed by atoms with van der Waals surface area (Å²) in [6.45, 7) is 0. The van der Waals surface area contributed by atoms with Crippen molar-refractivity contribution < 1.29 is 8.81 Å². The van der Waals surface area contributed by atoms with Crippen LogP contribution < -0.4 is 0 Å². The van der Waals surface area contributed by atoms with E-state index in [4.69, 9.17) is 4.42 Å². The summed E-state index contributed by atoms with van der Waals surface area (Å²) in [5, 5.41) is 1.08. The van der Waals surface area contributed by atoms with E-state index < -0.39 is 0 Å². The maximum atomic E-state index is 13.1. The minimum atomic E-state index is -0.188. The summed E-state index contributed by atoms with van der Waals surface area (Å²) >= 11 is 0. The number of benzene rings is 2. The van der Waals surface area contributed by atoms with Gasteiger partial charge in [-0.1, -0.05) is 18.2 Å². The Hall–Kier alpha value is -2.09. The van der Waals surface area contributed by atoms with Gasteiger partial charge in [-0.15, -0.1) is 0 Å². The third-order valence-electron chi connectivity index (χ3n) is 2.81. The molecular formula is C15H11FO. The summed E-state index contributed by atoms with van der Waals surface area (Å²) in [5.74, 6) is -0.188. The molecule has 1 aromatic heterocycles. The Bertz CT molecular complexity index is 655. The molecule has 0 aliphatic heterocycles. The second kappa shape index (κ2) is 4.06. The van der Waals surface area contributed by atoms with Gasteiger partial charge in [-0.05, 0) is 47.9 Å². The highest BCUT2D eigenvalue weighted by Gasteiger charge is 2.01. The Balaban J connectivity index is 1.94. The molecule has 0 fully saturated rings. The van der Waals surface area contributed by atoms with Crippen LogP contribution in [0.15, 0.2) is 59.2 Å². The fraction of sp³-hybridized carbons (Fsp3) is 0.0667. The SMILES string of the molecule is Fc1cccc(Cc2ccc3occc3c2)c1. The van der Waals surface area contributed by atoms with Crippen LogP contribution in [0.5, 0.6) is 0 Å². The second-order valence-corrected chi connectivity index (χ2v) is 4.10. The summed E-state index contributed by atoms with van der Waals surface area (Å²) in [5.41, 5.74) is 3.02. The minimum Gasteiger partial charge on any atom is -0.464 e. The van der Waals surface area contributed by atoms with Crippen LogP contribution in [0, 0.1) is 5.82 Å². The van der Waals surface area contributed by atoms with Crippen molar-refractivity contribution in [3.8, 4) is 0 Å². The van der Waals surface area contributed by atoms with Crippen molar-refractivity contribution in [2.75, 3.05) is 0 Å². The molecular weight excluding hydrogens is 215 g/mol. The second-order valence-electron chi connectivity index (χ2n) is 4.10. The molecule has 2 heteroatoms. The number of fused-ring (bicyclic) bond motifs is 1. The summed E-state index contributed by atoms with van der Waals surface area (Å²) < 4.78 is 18.3. The predicted octanol–water partition coefficient (Wildman–Crippen LogP) is 4.16. The molecule has 2 aromatic carbocycles. The maximum Gasteiger partial charge on any atom is 0.133 e. The van der Waals surface area contributed by atoms with Crippen molar-refractivity contribution in [1.82, 2.24) is 0 Å². The van der Waals surface area contributed by atoms with E-state index in [0.29, 0.717) is 0 Å². The van der Waals surface area contributed by atoms with Crippen LogP contribution in [-0.2, 0) is 6.42 Å². The minimum absolute atomic E-state index is 0.188. The van der Waals surface area contributed by atoms with Gasteiger partial charge in [-0.25, -0.2) is 4.39 Å². The lowest BCUT2D eigenvalue weighted by molar-refractivity contribution is 0.615. The largest absolute Gasteiger partial charge is 0.464 e. The number of furan rings is 1. The van der Waals surface area contributed by atoms with Crippen molar-refractivity contribution in [3.63, 3.8) is 0 Å². The van der Waals surface area contributed by atoms with Gasteiger partial charge in [-0.3, -0.25) is 0 Å². The van der Waals surface area contributed by atoms with E-state index >= 15 is 0 Å². The van der Waals surface area contributed by atoms with Gasteiger partial charge in [-0.2, -0.15) is 0 Å². The Morgan fingerprint density at radius 2 is 1.82 bits per heavy atom. The van der Waals surface area contributed by atoms with Gasteiger partial charge in [0.15, 0.2) is 0 Å². The van der Waals surface area contributed by atoms with Crippen LogP contribution >= 0.6 is 0 Å². The van der Waals surface area contributed by atoms with Gasteiger partial charge < -0.3 is 4.42 Å². The van der Waals surface area contributed by atoms with Crippen LogP contribution in [0.2, 0.25) is 0 Å². The molecule has 0 aliphatic carbocycles. The van der Waals surface area contributed by atoms with Crippen molar-refractivity contribution in [2.45, 2.75) is 6.42 Å². The first kappa shape index (κ1) is 10.1. The number of halogens is 1. The van der Waals surface area contributed by atoms with E-state index in [1.165, 1.54) is 6.07 Å². The van der Waals surface area contributed by atoms with Crippen molar-refractivity contribution >= 4 is 11.0 Å². The highest BCUT2D eigenvalue weighted by molar-refractivity contribution is 5.77. The molecule has 0 radical (unpaired) electrons. The molecule has 3 rings (SSSR count). The molecule has 0 saturated carbocycles. The molecule has 0 aliphatic rings. The van der Waals surface area contributed by atoms with Crippen molar-refractivity contribution in [2.24, 2.45) is 0 Å². The summed E-state index contributed by atoms with van der Waals surface area (Å²) in [6, 6.07) is 14.7.